The lowest BCUT2D eigenvalue weighted by molar-refractivity contribution is 0.265. The van der Waals surface area contributed by atoms with Crippen molar-refractivity contribution in [1.29, 1.82) is 0 Å². The zero-order valence-corrected chi connectivity index (χ0v) is 6.22. The molecule has 1 aromatic heterocycles. The number of imidazole rings is 1. The van der Waals surface area contributed by atoms with E-state index in [9.17, 15) is 4.79 Å². The smallest absolute Gasteiger partial charge is 0.323 e. The molecule has 1 heterocycles. The Kier molecular flexibility index (Phi) is 2.11. The van der Waals surface area contributed by atoms with Crippen molar-refractivity contribution < 1.29 is 5.11 Å². The molecular formula is C6H11N3O2. The first kappa shape index (κ1) is 8.03. The van der Waals surface area contributed by atoms with Crippen molar-refractivity contribution in [3.63, 3.8) is 0 Å². The predicted molar refractivity (Wildman–Crippen MR) is 40.2 cm³/mol. The number of aryl methyl sites for hydroxylation is 1. The van der Waals surface area contributed by atoms with Gasteiger partial charge < -0.3 is 20.8 Å². The normalized spacial score (nSPS) is 13.4. The van der Waals surface area contributed by atoms with E-state index in [2.05, 4.69) is 9.97 Å². The van der Waals surface area contributed by atoms with E-state index in [-0.39, 0.29) is 12.3 Å². The van der Waals surface area contributed by atoms with Crippen molar-refractivity contribution in [2.75, 3.05) is 6.61 Å². The fraction of sp³-hybridized carbons (Fsp3) is 0.500. The van der Waals surface area contributed by atoms with Gasteiger partial charge in [-0.3, -0.25) is 0 Å². The molecule has 1 atom stereocenters. The summed E-state index contributed by atoms with van der Waals surface area (Å²) in [5.41, 5.74) is 6.42. The maximum absolute atomic E-state index is 10.7. The van der Waals surface area contributed by atoms with Crippen LogP contribution in [-0.2, 0) is 0 Å². The zero-order chi connectivity index (χ0) is 8.43. The van der Waals surface area contributed by atoms with E-state index in [0.717, 1.165) is 0 Å². The maximum atomic E-state index is 10.7. The summed E-state index contributed by atoms with van der Waals surface area (Å²) in [6.45, 7) is 1.55. The standard InChI is InChI=1S/C6H11N3O2/c1-3-5(4(7)2-10)9-6(11)8-3/h4,10H,2,7H2,1H3,(H2,8,9,11). The Morgan fingerprint density at radius 3 is 2.64 bits per heavy atom. The molecule has 0 saturated carbocycles. The van der Waals surface area contributed by atoms with Crippen LogP contribution >= 0.6 is 0 Å². The van der Waals surface area contributed by atoms with Crippen LogP contribution in [0, 0.1) is 6.92 Å². The van der Waals surface area contributed by atoms with Crippen molar-refractivity contribution in [3.8, 4) is 0 Å². The van der Waals surface area contributed by atoms with Gasteiger partial charge in [-0.2, -0.15) is 0 Å². The molecule has 0 aliphatic rings. The van der Waals surface area contributed by atoms with Gasteiger partial charge in [-0.15, -0.1) is 0 Å². The second kappa shape index (κ2) is 2.89. The second-order valence-electron chi connectivity index (χ2n) is 2.41. The van der Waals surface area contributed by atoms with Crippen LogP contribution in [0.1, 0.15) is 17.4 Å². The first-order valence-corrected chi connectivity index (χ1v) is 3.30. The molecule has 62 valence electrons. The van der Waals surface area contributed by atoms with Gasteiger partial charge in [0.1, 0.15) is 0 Å². The number of hydrogen-bond acceptors (Lipinski definition) is 3. The van der Waals surface area contributed by atoms with Crippen LogP contribution in [0.2, 0.25) is 0 Å². The predicted octanol–water partition coefficient (Wildman–Crippen LogP) is -0.996. The van der Waals surface area contributed by atoms with Crippen LogP contribution < -0.4 is 11.4 Å². The summed E-state index contributed by atoms with van der Waals surface area (Å²) < 4.78 is 0. The van der Waals surface area contributed by atoms with E-state index in [1.807, 2.05) is 0 Å². The van der Waals surface area contributed by atoms with Gasteiger partial charge in [-0.05, 0) is 6.92 Å². The van der Waals surface area contributed by atoms with Crippen molar-refractivity contribution in [2.24, 2.45) is 5.73 Å². The van der Waals surface area contributed by atoms with Crippen molar-refractivity contribution in [2.45, 2.75) is 13.0 Å². The number of aromatic nitrogens is 2. The summed E-state index contributed by atoms with van der Waals surface area (Å²) in [6.07, 6.45) is 0. The minimum absolute atomic E-state index is 0.172. The molecule has 0 saturated heterocycles. The van der Waals surface area contributed by atoms with Crippen LogP contribution in [-0.4, -0.2) is 21.7 Å². The lowest BCUT2D eigenvalue weighted by Gasteiger charge is -2.04. The van der Waals surface area contributed by atoms with Crippen molar-refractivity contribution in [3.05, 3.63) is 21.9 Å². The minimum atomic E-state index is -0.506. The molecule has 1 rings (SSSR count). The number of aromatic amines is 2. The molecule has 0 radical (unpaired) electrons. The highest BCUT2D eigenvalue weighted by atomic mass is 16.3. The SMILES string of the molecule is Cc1[nH]c(=O)[nH]c1C(N)CO. The van der Waals surface area contributed by atoms with Crippen LogP contribution in [0.15, 0.2) is 4.79 Å². The average molecular weight is 157 g/mol. The van der Waals surface area contributed by atoms with Crippen LogP contribution in [0.25, 0.3) is 0 Å². The molecule has 0 spiro atoms. The van der Waals surface area contributed by atoms with Gasteiger partial charge in [-0.1, -0.05) is 0 Å². The molecule has 0 amide bonds. The van der Waals surface area contributed by atoms with Gasteiger partial charge >= 0.3 is 5.69 Å². The average Bonchev–Trinajstić information content (AvgIpc) is 2.28. The molecule has 0 aliphatic carbocycles. The first-order chi connectivity index (χ1) is 5.15. The van der Waals surface area contributed by atoms with E-state index in [4.69, 9.17) is 10.8 Å². The fourth-order valence-corrected chi connectivity index (χ4v) is 0.947. The third kappa shape index (κ3) is 1.50. The number of nitrogens with two attached hydrogens (primary N) is 1. The minimum Gasteiger partial charge on any atom is -0.394 e. The lowest BCUT2D eigenvalue weighted by Crippen LogP contribution is -2.16. The molecule has 5 N–H and O–H groups in total. The molecule has 0 aromatic carbocycles. The number of nitrogens with one attached hydrogen (secondary N) is 2. The summed E-state index contributed by atoms with van der Waals surface area (Å²) in [6, 6.07) is -0.506. The molecule has 1 aromatic rings. The highest BCUT2D eigenvalue weighted by molar-refractivity contribution is 5.12. The van der Waals surface area contributed by atoms with Gasteiger partial charge in [0, 0.05) is 5.69 Å². The Bertz CT molecular complexity index is 288. The Morgan fingerprint density at radius 2 is 2.27 bits per heavy atom. The fourth-order valence-electron chi connectivity index (χ4n) is 0.947. The summed E-state index contributed by atoms with van der Waals surface area (Å²) in [5, 5.41) is 8.66. The van der Waals surface area contributed by atoms with Crippen molar-refractivity contribution in [1.82, 2.24) is 9.97 Å². The number of rotatable bonds is 2. The van der Waals surface area contributed by atoms with E-state index in [1.165, 1.54) is 0 Å². The zero-order valence-electron chi connectivity index (χ0n) is 6.22. The van der Waals surface area contributed by atoms with Crippen molar-refractivity contribution >= 4 is 0 Å². The molecule has 1 unspecified atom stereocenters. The monoisotopic (exact) mass is 157 g/mol. The number of aliphatic hydroxyl groups excluding tert-OH is 1. The first-order valence-electron chi connectivity index (χ1n) is 3.30. The Morgan fingerprint density at radius 1 is 1.64 bits per heavy atom. The number of aliphatic hydroxyl groups is 1. The molecule has 5 nitrogen and oxygen atoms in total. The molecule has 5 heteroatoms. The molecule has 11 heavy (non-hydrogen) atoms. The largest absolute Gasteiger partial charge is 0.394 e. The van der Waals surface area contributed by atoms with Gasteiger partial charge in [-0.25, -0.2) is 4.79 Å². The Balaban J connectivity index is 3.02. The molecular weight excluding hydrogens is 146 g/mol. The second-order valence-corrected chi connectivity index (χ2v) is 2.41. The summed E-state index contributed by atoms with van der Waals surface area (Å²) in [7, 11) is 0. The van der Waals surface area contributed by atoms with Gasteiger partial charge in [0.05, 0.1) is 18.3 Å². The van der Waals surface area contributed by atoms with Crippen LogP contribution in [0.3, 0.4) is 0 Å². The quantitative estimate of drug-likeness (QED) is 0.443. The van der Waals surface area contributed by atoms with E-state index in [1.54, 1.807) is 6.92 Å². The third-order valence-electron chi connectivity index (χ3n) is 1.52. The summed E-state index contributed by atoms with van der Waals surface area (Å²) >= 11 is 0. The molecule has 0 fully saturated rings. The van der Waals surface area contributed by atoms with Gasteiger partial charge in [0.15, 0.2) is 0 Å². The molecule has 0 aliphatic heterocycles. The molecule has 0 bridgehead atoms. The summed E-state index contributed by atoms with van der Waals surface area (Å²) in [5.74, 6) is 0. The lowest BCUT2D eigenvalue weighted by atomic mass is 10.2. The third-order valence-corrected chi connectivity index (χ3v) is 1.52. The van der Waals surface area contributed by atoms with E-state index >= 15 is 0 Å². The highest BCUT2D eigenvalue weighted by Crippen LogP contribution is 2.06. The topological polar surface area (TPSA) is 94.9 Å². The number of hydrogen-bond donors (Lipinski definition) is 4. The summed E-state index contributed by atoms with van der Waals surface area (Å²) in [4.78, 5) is 15.7. The van der Waals surface area contributed by atoms with Gasteiger partial charge in [0.2, 0.25) is 0 Å². The van der Waals surface area contributed by atoms with E-state index < -0.39 is 6.04 Å². The van der Waals surface area contributed by atoms with Crippen LogP contribution in [0.5, 0.6) is 0 Å². The maximum Gasteiger partial charge on any atom is 0.323 e. The van der Waals surface area contributed by atoms with Gasteiger partial charge in [0.25, 0.3) is 0 Å². The van der Waals surface area contributed by atoms with E-state index in [0.29, 0.717) is 11.4 Å². The Labute approximate surface area is 63.3 Å². The Hall–Kier alpha value is -1.07. The van der Waals surface area contributed by atoms with Crippen LogP contribution in [0.4, 0.5) is 0 Å². The number of H-pyrrole nitrogens is 2. The highest BCUT2D eigenvalue weighted by Gasteiger charge is 2.09.